The highest BCUT2D eigenvalue weighted by Crippen LogP contribution is 2.50. The van der Waals surface area contributed by atoms with Crippen LogP contribution >= 0.6 is 11.8 Å². The van der Waals surface area contributed by atoms with Crippen LogP contribution in [0.2, 0.25) is 0 Å². The molecule has 2 aromatic rings. The number of anilines is 1. The van der Waals surface area contributed by atoms with Crippen molar-refractivity contribution >= 4 is 35.2 Å². The summed E-state index contributed by atoms with van der Waals surface area (Å²) in [4.78, 5) is 39.7. The van der Waals surface area contributed by atoms with Gasteiger partial charge in [-0.1, -0.05) is 30.0 Å². The van der Waals surface area contributed by atoms with Crippen molar-refractivity contribution in [3.63, 3.8) is 0 Å². The van der Waals surface area contributed by atoms with Crippen molar-refractivity contribution in [2.75, 3.05) is 12.4 Å². The van der Waals surface area contributed by atoms with Gasteiger partial charge < -0.3 is 15.8 Å². The van der Waals surface area contributed by atoms with Crippen LogP contribution in [0.3, 0.4) is 0 Å². The molecule has 36 heavy (non-hydrogen) atoms. The van der Waals surface area contributed by atoms with E-state index in [1.807, 2.05) is 19.1 Å². The third kappa shape index (κ3) is 4.31. The van der Waals surface area contributed by atoms with Crippen LogP contribution in [0.4, 0.5) is 14.5 Å². The topological polar surface area (TPSA) is 126 Å². The third-order valence-electron chi connectivity index (χ3n) is 5.79. The van der Waals surface area contributed by atoms with Gasteiger partial charge in [0.1, 0.15) is 22.7 Å². The second-order valence-corrected chi connectivity index (χ2v) is 9.27. The van der Waals surface area contributed by atoms with Crippen LogP contribution < -0.4 is 11.1 Å². The van der Waals surface area contributed by atoms with E-state index < -0.39 is 46.1 Å². The number of ether oxygens (including phenoxy) is 1. The molecule has 1 saturated heterocycles. The zero-order valence-corrected chi connectivity index (χ0v) is 20.0. The Kier molecular flexibility index (Phi) is 6.81. The van der Waals surface area contributed by atoms with Crippen LogP contribution in [-0.2, 0) is 19.1 Å². The molecule has 0 aromatic heterocycles. The SMILES string of the molecule is COC(=O)CC1SC2=C(C(=O)Nc3cccc(C)c3)C(c3c(F)cccc3F)C(C#N)=C(N)N2C1=O. The second kappa shape index (κ2) is 9.83. The number of nitrogens with one attached hydrogen (secondary N) is 1. The number of amides is 2. The number of halogens is 2. The second-order valence-electron chi connectivity index (χ2n) is 8.08. The zero-order chi connectivity index (χ0) is 26.1. The van der Waals surface area contributed by atoms with Crippen molar-refractivity contribution in [1.82, 2.24) is 4.90 Å². The third-order valence-corrected chi connectivity index (χ3v) is 7.07. The van der Waals surface area contributed by atoms with Crippen molar-refractivity contribution < 1.29 is 27.9 Å². The molecule has 0 radical (unpaired) electrons. The number of hydrogen-bond donors (Lipinski definition) is 2. The summed E-state index contributed by atoms with van der Waals surface area (Å²) in [5, 5.41) is 11.6. The highest BCUT2D eigenvalue weighted by Gasteiger charge is 2.49. The van der Waals surface area contributed by atoms with Crippen LogP contribution in [0.25, 0.3) is 0 Å². The Morgan fingerprint density at radius 2 is 1.89 bits per heavy atom. The minimum absolute atomic E-state index is 0.0109. The van der Waals surface area contributed by atoms with Crippen molar-refractivity contribution in [1.29, 1.82) is 5.26 Å². The molecule has 11 heteroatoms. The van der Waals surface area contributed by atoms with Gasteiger partial charge in [-0.2, -0.15) is 5.26 Å². The lowest BCUT2D eigenvalue weighted by Crippen LogP contribution is -2.39. The summed E-state index contributed by atoms with van der Waals surface area (Å²) in [5.41, 5.74) is 6.26. The molecular formula is C25H20F2N4O4S. The van der Waals surface area contributed by atoms with Crippen molar-refractivity contribution in [2.45, 2.75) is 24.5 Å². The normalized spacial score (nSPS) is 19.2. The summed E-state index contributed by atoms with van der Waals surface area (Å²) in [6.45, 7) is 1.82. The Balaban J connectivity index is 1.93. The molecule has 2 aliphatic heterocycles. The molecule has 1 fully saturated rings. The first-order valence-electron chi connectivity index (χ1n) is 10.7. The van der Waals surface area contributed by atoms with Gasteiger partial charge in [0.15, 0.2) is 0 Å². The lowest BCUT2D eigenvalue weighted by molar-refractivity contribution is -0.142. The highest BCUT2D eigenvalue weighted by atomic mass is 32.2. The number of nitrogens with zero attached hydrogens (tertiary/aromatic N) is 2. The van der Waals surface area contributed by atoms with E-state index in [4.69, 9.17) is 5.73 Å². The number of allylic oxidation sites excluding steroid dienone is 1. The van der Waals surface area contributed by atoms with Gasteiger partial charge in [-0.3, -0.25) is 19.3 Å². The molecule has 2 amide bonds. The fraction of sp³-hybridized carbons (Fsp3) is 0.200. The van der Waals surface area contributed by atoms with E-state index in [9.17, 15) is 28.4 Å². The average molecular weight is 511 g/mol. The van der Waals surface area contributed by atoms with E-state index in [-0.39, 0.29) is 28.4 Å². The van der Waals surface area contributed by atoms with Crippen molar-refractivity contribution in [3.8, 4) is 6.07 Å². The fourth-order valence-corrected chi connectivity index (χ4v) is 5.47. The maximum atomic E-state index is 15.0. The van der Waals surface area contributed by atoms with Crippen molar-refractivity contribution in [2.24, 2.45) is 5.73 Å². The maximum absolute atomic E-state index is 15.0. The number of nitriles is 1. The predicted octanol–water partition coefficient (Wildman–Crippen LogP) is 3.42. The van der Waals surface area contributed by atoms with Gasteiger partial charge in [0.05, 0.1) is 41.7 Å². The molecule has 2 atom stereocenters. The number of thioether (sulfide) groups is 1. The van der Waals surface area contributed by atoms with E-state index in [1.54, 1.807) is 18.2 Å². The number of methoxy groups -OCH3 is 1. The Bertz CT molecular complexity index is 1380. The molecule has 2 aliphatic rings. The summed E-state index contributed by atoms with van der Waals surface area (Å²) < 4.78 is 34.6. The number of benzene rings is 2. The van der Waals surface area contributed by atoms with Crippen LogP contribution in [0.1, 0.15) is 23.5 Å². The molecule has 0 aliphatic carbocycles. The first-order chi connectivity index (χ1) is 17.2. The molecule has 2 unspecified atom stereocenters. The van der Waals surface area contributed by atoms with Crippen molar-refractivity contribution in [3.05, 3.63) is 87.2 Å². The molecule has 2 aromatic carbocycles. The van der Waals surface area contributed by atoms with E-state index in [2.05, 4.69) is 10.1 Å². The van der Waals surface area contributed by atoms with Crippen LogP contribution in [0.15, 0.2) is 64.5 Å². The molecule has 0 spiro atoms. The minimum Gasteiger partial charge on any atom is -0.469 e. The number of carbonyl (C=O) groups excluding carboxylic acids is 3. The van der Waals surface area contributed by atoms with Gasteiger partial charge in [-0.05, 0) is 36.8 Å². The molecule has 3 N–H and O–H groups in total. The molecule has 0 bridgehead atoms. The van der Waals surface area contributed by atoms with E-state index >= 15 is 0 Å². The van der Waals surface area contributed by atoms with E-state index in [1.165, 1.54) is 7.11 Å². The lowest BCUT2D eigenvalue weighted by atomic mass is 9.82. The van der Waals surface area contributed by atoms with Gasteiger partial charge >= 0.3 is 5.97 Å². The van der Waals surface area contributed by atoms with Gasteiger partial charge in [0, 0.05) is 11.3 Å². The molecular weight excluding hydrogens is 490 g/mol. The molecule has 4 rings (SSSR count). The zero-order valence-electron chi connectivity index (χ0n) is 19.2. The Morgan fingerprint density at radius 3 is 2.50 bits per heavy atom. The molecule has 184 valence electrons. The predicted molar refractivity (Wildman–Crippen MR) is 128 cm³/mol. The monoisotopic (exact) mass is 510 g/mol. The Hall–Kier alpha value is -4.17. The largest absolute Gasteiger partial charge is 0.469 e. The van der Waals surface area contributed by atoms with Gasteiger partial charge in [-0.25, -0.2) is 8.78 Å². The first-order valence-corrected chi connectivity index (χ1v) is 11.6. The number of aryl methyl sites for hydroxylation is 1. The number of esters is 1. The Labute approximate surface area is 209 Å². The summed E-state index contributed by atoms with van der Waals surface area (Å²) in [7, 11) is 1.17. The molecule has 8 nitrogen and oxygen atoms in total. The first kappa shape index (κ1) is 24.9. The molecule has 2 heterocycles. The fourth-order valence-electron chi connectivity index (χ4n) is 4.14. The molecule has 0 saturated carbocycles. The summed E-state index contributed by atoms with van der Waals surface area (Å²) in [5.74, 6) is -5.99. The van der Waals surface area contributed by atoms with Gasteiger partial charge in [0.2, 0.25) is 5.91 Å². The summed E-state index contributed by atoms with van der Waals surface area (Å²) in [6.07, 6.45) is -0.333. The van der Waals surface area contributed by atoms with E-state index in [0.29, 0.717) is 5.69 Å². The van der Waals surface area contributed by atoms with Crippen LogP contribution in [0.5, 0.6) is 0 Å². The quantitative estimate of drug-likeness (QED) is 0.591. The number of nitrogens with two attached hydrogens (primary N) is 1. The highest BCUT2D eigenvalue weighted by molar-refractivity contribution is 8.04. The van der Waals surface area contributed by atoms with Gasteiger partial charge in [-0.15, -0.1) is 0 Å². The number of fused-ring (bicyclic) bond motifs is 1. The van der Waals surface area contributed by atoms with E-state index in [0.717, 1.165) is 40.4 Å². The number of rotatable bonds is 5. The standard InChI is InChI=1S/C25H20F2N4O4S/c1-12-5-3-6-13(9-12)30-23(33)21-19(20-15(26)7-4-8-16(20)27)14(11-28)22(29)31-24(34)17(36-25(21)31)10-18(32)35-2/h3-9,17,19H,10,29H2,1-2H3,(H,30,33). The smallest absolute Gasteiger partial charge is 0.307 e. The maximum Gasteiger partial charge on any atom is 0.307 e. The average Bonchev–Trinajstić information content (AvgIpc) is 3.14. The number of hydrogen-bond acceptors (Lipinski definition) is 7. The van der Waals surface area contributed by atoms with Crippen LogP contribution in [0, 0.1) is 29.9 Å². The minimum atomic E-state index is -1.54. The van der Waals surface area contributed by atoms with Crippen LogP contribution in [-0.4, -0.2) is 35.0 Å². The number of carbonyl (C=O) groups is 3. The summed E-state index contributed by atoms with van der Waals surface area (Å²) in [6, 6.07) is 11.8. The lowest BCUT2D eigenvalue weighted by Gasteiger charge is -2.32. The van der Waals surface area contributed by atoms with Gasteiger partial charge in [0.25, 0.3) is 5.91 Å². The summed E-state index contributed by atoms with van der Waals surface area (Å²) >= 11 is 0.849. The Morgan fingerprint density at radius 1 is 1.22 bits per heavy atom.